The molecule has 1 aromatic rings. The first-order valence-electron chi connectivity index (χ1n) is 5.05. The molecular weight excluding hydrogens is 174 g/mol. The fourth-order valence-corrected chi connectivity index (χ4v) is 1.29. The maximum Gasteiger partial charge on any atom is 0.137 e. The van der Waals surface area contributed by atoms with E-state index in [1.165, 1.54) is 0 Å². The molecule has 0 aromatic heterocycles. The summed E-state index contributed by atoms with van der Waals surface area (Å²) in [6.07, 6.45) is 0.623. The number of para-hydroxylation sites is 1. The average Bonchev–Trinajstić information content (AvgIpc) is 2.26. The molecule has 1 rings (SSSR count). The van der Waals surface area contributed by atoms with Crippen molar-refractivity contribution in [1.29, 1.82) is 0 Å². The normalized spacial score (nSPS) is 12.1. The van der Waals surface area contributed by atoms with Gasteiger partial charge in [0.25, 0.3) is 0 Å². The summed E-state index contributed by atoms with van der Waals surface area (Å²) in [7, 11) is 0. The first kappa shape index (κ1) is 10.8. The van der Waals surface area contributed by atoms with Crippen LogP contribution in [0.25, 0.3) is 0 Å². The van der Waals surface area contributed by atoms with Crippen LogP contribution in [0.15, 0.2) is 30.3 Å². The molecule has 0 aliphatic heterocycles. The van der Waals surface area contributed by atoms with Gasteiger partial charge < -0.3 is 5.32 Å². The van der Waals surface area contributed by atoms with Crippen LogP contribution in [0.5, 0.6) is 0 Å². The van der Waals surface area contributed by atoms with Gasteiger partial charge >= 0.3 is 0 Å². The van der Waals surface area contributed by atoms with Gasteiger partial charge in [0.15, 0.2) is 0 Å². The molecule has 0 saturated carbocycles. The quantitative estimate of drug-likeness (QED) is 0.775. The smallest absolute Gasteiger partial charge is 0.137 e. The summed E-state index contributed by atoms with van der Waals surface area (Å²) in [5.74, 6) is 0.411. The van der Waals surface area contributed by atoms with Gasteiger partial charge in [-0.15, -0.1) is 0 Å². The van der Waals surface area contributed by atoms with Crippen LogP contribution in [0, 0.1) is 5.92 Å². The van der Waals surface area contributed by atoms with Crippen LogP contribution < -0.4 is 5.32 Å². The maximum absolute atomic E-state index is 11.3. The fraction of sp³-hybridized carbons (Fsp3) is 0.417. The number of hydrogen-bond donors (Lipinski definition) is 1. The molecule has 0 spiro atoms. The molecule has 2 nitrogen and oxygen atoms in total. The second-order valence-electron chi connectivity index (χ2n) is 3.47. The third kappa shape index (κ3) is 3.21. The lowest BCUT2D eigenvalue weighted by Crippen LogP contribution is -2.19. The number of anilines is 1. The van der Waals surface area contributed by atoms with Gasteiger partial charge in [0.1, 0.15) is 5.78 Å². The Balaban J connectivity index is 2.38. The minimum Gasteiger partial charge on any atom is -0.384 e. The van der Waals surface area contributed by atoms with Crippen LogP contribution in [-0.2, 0) is 4.79 Å². The molecule has 76 valence electrons. The van der Waals surface area contributed by atoms with Crippen LogP contribution in [0.2, 0.25) is 0 Å². The summed E-state index contributed by atoms with van der Waals surface area (Å²) in [5, 5.41) is 3.24. The lowest BCUT2D eigenvalue weighted by molar-refractivity contribution is -0.121. The van der Waals surface area contributed by atoms with E-state index in [1.807, 2.05) is 44.2 Å². The van der Waals surface area contributed by atoms with Gasteiger partial charge in [-0.25, -0.2) is 0 Å². The van der Waals surface area contributed by atoms with Gasteiger partial charge in [0.05, 0.1) is 0 Å². The highest BCUT2D eigenvalue weighted by atomic mass is 16.1. The molecule has 0 fully saturated rings. The first-order chi connectivity index (χ1) is 6.74. The number of hydrogen-bond acceptors (Lipinski definition) is 2. The summed E-state index contributed by atoms with van der Waals surface area (Å²) in [6, 6.07) is 9.95. The molecule has 1 N–H and O–H groups in total. The Morgan fingerprint density at radius 1 is 1.36 bits per heavy atom. The zero-order valence-electron chi connectivity index (χ0n) is 8.79. The van der Waals surface area contributed by atoms with Crippen LogP contribution >= 0.6 is 0 Å². The van der Waals surface area contributed by atoms with E-state index in [0.717, 1.165) is 12.2 Å². The fourth-order valence-electron chi connectivity index (χ4n) is 1.29. The predicted molar refractivity (Wildman–Crippen MR) is 59.4 cm³/mol. The zero-order valence-corrected chi connectivity index (χ0v) is 8.79. The number of ketones is 1. The van der Waals surface area contributed by atoms with E-state index >= 15 is 0 Å². The Hall–Kier alpha value is -1.31. The summed E-state index contributed by atoms with van der Waals surface area (Å²) in [5.41, 5.74) is 1.07. The number of Topliss-reactive ketones (excluding diaryl/α,β-unsaturated/α-hetero) is 1. The molecule has 0 amide bonds. The largest absolute Gasteiger partial charge is 0.384 e. The highest BCUT2D eigenvalue weighted by molar-refractivity contribution is 5.80. The van der Waals surface area contributed by atoms with E-state index in [2.05, 4.69) is 5.32 Å². The number of carbonyl (C=O) groups excluding carboxylic acids is 1. The van der Waals surface area contributed by atoms with Crippen LogP contribution in [0.1, 0.15) is 20.3 Å². The van der Waals surface area contributed by atoms with Crippen molar-refractivity contribution in [2.24, 2.45) is 5.92 Å². The summed E-state index contributed by atoms with van der Waals surface area (Å²) >= 11 is 0. The van der Waals surface area contributed by atoms with Crippen LogP contribution in [-0.4, -0.2) is 12.3 Å². The third-order valence-electron chi connectivity index (χ3n) is 2.28. The second-order valence-corrected chi connectivity index (χ2v) is 3.47. The molecule has 0 bridgehead atoms. The van der Waals surface area contributed by atoms with Gasteiger partial charge in [0.2, 0.25) is 0 Å². The lowest BCUT2D eigenvalue weighted by atomic mass is 10.0. The van der Waals surface area contributed by atoms with Crippen molar-refractivity contribution in [3.63, 3.8) is 0 Å². The molecule has 0 aliphatic carbocycles. The highest BCUT2D eigenvalue weighted by Crippen LogP contribution is 2.07. The van der Waals surface area contributed by atoms with Gasteiger partial charge in [-0.05, 0) is 12.1 Å². The predicted octanol–water partition coefficient (Wildman–Crippen LogP) is 2.71. The molecule has 0 saturated heterocycles. The Morgan fingerprint density at radius 2 is 2.00 bits per heavy atom. The van der Waals surface area contributed by atoms with Crippen molar-refractivity contribution in [1.82, 2.24) is 0 Å². The lowest BCUT2D eigenvalue weighted by Gasteiger charge is -2.11. The SMILES string of the molecule is CCC(=O)C(C)CNc1ccccc1. The van der Waals surface area contributed by atoms with Crippen molar-refractivity contribution >= 4 is 11.5 Å². The second kappa shape index (κ2) is 5.43. The molecule has 0 radical (unpaired) electrons. The Bertz CT molecular complexity index is 282. The van der Waals surface area contributed by atoms with Crippen LogP contribution in [0.3, 0.4) is 0 Å². The summed E-state index contributed by atoms with van der Waals surface area (Å²) in [6.45, 7) is 4.58. The van der Waals surface area contributed by atoms with Gasteiger partial charge in [-0.1, -0.05) is 32.0 Å². The van der Waals surface area contributed by atoms with E-state index in [4.69, 9.17) is 0 Å². The number of rotatable bonds is 5. The average molecular weight is 191 g/mol. The van der Waals surface area contributed by atoms with E-state index in [9.17, 15) is 4.79 Å². The summed E-state index contributed by atoms with van der Waals surface area (Å²) < 4.78 is 0. The monoisotopic (exact) mass is 191 g/mol. The number of benzene rings is 1. The zero-order chi connectivity index (χ0) is 10.4. The maximum atomic E-state index is 11.3. The van der Waals surface area contributed by atoms with Crippen LogP contribution in [0.4, 0.5) is 5.69 Å². The molecule has 14 heavy (non-hydrogen) atoms. The van der Waals surface area contributed by atoms with Gasteiger partial charge in [0, 0.05) is 24.6 Å². The van der Waals surface area contributed by atoms with E-state index in [-0.39, 0.29) is 5.92 Å². The molecular formula is C12H17NO. The third-order valence-corrected chi connectivity index (χ3v) is 2.28. The van der Waals surface area contributed by atoms with Crippen molar-refractivity contribution in [2.75, 3.05) is 11.9 Å². The number of nitrogens with one attached hydrogen (secondary N) is 1. The topological polar surface area (TPSA) is 29.1 Å². The summed E-state index contributed by atoms with van der Waals surface area (Å²) in [4.78, 5) is 11.3. The molecule has 1 atom stereocenters. The van der Waals surface area contributed by atoms with Crippen molar-refractivity contribution in [2.45, 2.75) is 20.3 Å². The molecule has 0 heterocycles. The minimum absolute atomic E-state index is 0.0974. The minimum atomic E-state index is 0.0974. The van der Waals surface area contributed by atoms with Crippen molar-refractivity contribution < 1.29 is 4.79 Å². The van der Waals surface area contributed by atoms with Gasteiger partial charge in [-0.3, -0.25) is 4.79 Å². The molecule has 1 aromatic carbocycles. The number of carbonyl (C=O) groups is 1. The Morgan fingerprint density at radius 3 is 2.57 bits per heavy atom. The van der Waals surface area contributed by atoms with E-state index < -0.39 is 0 Å². The molecule has 1 unspecified atom stereocenters. The molecule has 0 aliphatic rings. The highest BCUT2D eigenvalue weighted by Gasteiger charge is 2.09. The molecule has 2 heteroatoms. The van der Waals surface area contributed by atoms with E-state index in [1.54, 1.807) is 0 Å². The first-order valence-corrected chi connectivity index (χ1v) is 5.05. The van der Waals surface area contributed by atoms with E-state index in [0.29, 0.717) is 12.2 Å². The van der Waals surface area contributed by atoms with Crippen molar-refractivity contribution in [3.05, 3.63) is 30.3 Å². The Kier molecular flexibility index (Phi) is 4.17. The van der Waals surface area contributed by atoms with Gasteiger partial charge in [-0.2, -0.15) is 0 Å². The standard InChI is InChI=1S/C12H17NO/c1-3-12(14)10(2)9-13-11-7-5-4-6-8-11/h4-8,10,13H,3,9H2,1-2H3. The van der Waals surface area contributed by atoms with Crippen molar-refractivity contribution in [3.8, 4) is 0 Å². The Labute approximate surface area is 85.3 Å².